The first-order valence-corrected chi connectivity index (χ1v) is 8.34. The van der Waals surface area contributed by atoms with Gasteiger partial charge in [0.1, 0.15) is 18.5 Å². The maximum Gasteiger partial charge on any atom is 0.274 e. The first kappa shape index (κ1) is 17.8. The van der Waals surface area contributed by atoms with Gasteiger partial charge in [0, 0.05) is 10.9 Å². The highest BCUT2D eigenvalue weighted by atomic mass is 16.5. The number of carbonyl (C=O) groups is 1. The van der Waals surface area contributed by atoms with Gasteiger partial charge in [0.05, 0.1) is 17.6 Å². The molecule has 0 amide bonds. The molecule has 1 aromatic heterocycles. The summed E-state index contributed by atoms with van der Waals surface area (Å²) in [7, 11) is 0. The van der Waals surface area contributed by atoms with Crippen LogP contribution in [0.25, 0.3) is 10.8 Å². The van der Waals surface area contributed by atoms with Crippen LogP contribution < -0.4 is 10.3 Å². The lowest BCUT2D eigenvalue weighted by molar-refractivity contribution is 0.0879. The number of benzene rings is 2. The van der Waals surface area contributed by atoms with E-state index in [0.29, 0.717) is 16.7 Å². The van der Waals surface area contributed by atoms with Gasteiger partial charge in [-0.3, -0.25) is 9.59 Å². The van der Waals surface area contributed by atoms with Gasteiger partial charge in [-0.2, -0.15) is 5.10 Å². The summed E-state index contributed by atoms with van der Waals surface area (Å²) >= 11 is 0. The average Bonchev–Trinajstić information content (AvgIpc) is 2.64. The smallest absolute Gasteiger partial charge is 0.274 e. The van der Waals surface area contributed by atoms with Crippen molar-refractivity contribution in [1.82, 2.24) is 9.78 Å². The van der Waals surface area contributed by atoms with Crippen LogP contribution in [0.15, 0.2) is 53.3 Å². The monoisotopic (exact) mass is 352 g/mol. The number of ether oxygens (including phenoxy) is 1. The minimum absolute atomic E-state index is 0.0125. The molecule has 1 heterocycles. The Balaban J connectivity index is 1.72. The van der Waals surface area contributed by atoms with E-state index < -0.39 is 6.10 Å². The van der Waals surface area contributed by atoms with Crippen LogP contribution in [0.1, 0.15) is 23.0 Å². The summed E-state index contributed by atoms with van der Waals surface area (Å²) in [5.41, 5.74) is 1.02. The number of fused-ring (bicyclic) bond motifs is 1. The van der Waals surface area contributed by atoms with Crippen molar-refractivity contribution in [3.63, 3.8) is 0 Å². The van der Waals surface area contributed by atoms with Crippen molar-refractivity contribution in [1.29, 1.82) is 0 Å². The van der Waals surface area contributed by atoms with E-state index in [4.69, 9.17) is 4.74 Å². The van der Waals surface area contributed by atoms with Gasteiger partial charge in [0.15, 0.2) is 5.78 Å². The second-order valence-electron chi connectivity index (χ2n) is 6.17. The molecule has 1 N–H and O–H groups in total. The van der Waals surface area contributed by atoms with Crippen molar-refractivity contribution in [2.24, 2.45) is 0 Å². The standard InChI is InChI=1S/C20H20N2O4/c1-13-18-8-3-4-9-19(18)20(25)22(21-13)11-16(24)12-26-17-7-5-6-15(10-17)14(2)23/h3-10,16,24H,11-12H2,1-2H3. The number of Topliss-reactive ketones (excluding diaryl/α,β-unsaturated/α-hetero) is 1. The number of aryl methyl sites for hydroxylation is 1. The van der Waals surface area contributed by atoms with E-state index >= 15 is 0 Å². The van der Waals surface area contributed by atoms with Crippen molar-refractivity contribution in [3.8, 4) is 5.75 Å². The fourth-order valence-electron chi connectivity index (χ4n) is 2.78. The number of hydrogen-bond donors (Lipinski definition) is 1. The van der Waals surface area contributed by atoms with Crippen LogP contribution in [0.3, 0.4) is 0 Å². The Morgan fingerprint density at radius 2 is 1.92 bits per heavy atom. The highest BCUT2D eigenvalue weighted by Crippen LogP contribution is 2.15. The molecule has 3 aromatic rings. The highest BCUT2D eigenvalue weighted by Gasteiger charge is 2.12. The van der Waals surface area contributed by atoms with Crippen molar-refractivity contribution in [2.75, 3.05) is 6.61 Å². The number of hydrogen-bond acceptors (Lipinski definition) is 5. The zero-order valence-corrected chi connectivity index (χ0v) is 14.7. The van der Waals surface area contributed by atoms with Crippen LogP contribution in [-0.4, -0.2) is 33.4 Å². The molecule has 0 spiro atoms. The van der Waals surface area contributed by atoms with Crippen molar-refractivity contribution < 1.29 is 14.6 Å². The van der Waals surface area contributed by atoms with E-state index in [1.54, 1.807) is 36.4 Å². The molecule has 134 valence electrons. The summed E-state index contributed by atoms with van der Waals surface area (Å²) in [5, 5.41) is 15.9. The summed E-state index contributed by atoms with van der Waals surface area (Å²) in [6.07, 6.45) is -0.915. The largest absolute Gasteiger partial charge is 0.491 e. The molecular weight excluding hydrogens is 332 g/mol. The van der Waals surface area contributed by atoms with Gasteiger partial charge in [0.25, 0.3) is 5.56 Å². The van der Waals surface area contributed by atoms with Crippen LogP contribution in [0.5, 0.6) is 5.75 Å². The first-order chi connectivity index (χ1) is 12.5. The normalized spacial score (nSPS) is 12.1. The van der Waals surface area contributed by atoms with Crippen molar-refractivity contribution in [3.05, 3.63) is 70.1 Å². The Bertz CT molecular complexity index is 1010. The molecule has 0 saturated carbocycles. The van der Waals surface area contributed by atoms with Crippen LogP contribution in [0.4, 0.5) is 0 Å². The van der Waals surface area contributed by atoms with E-state index in [2.05, 4.69) is 5.10 Å². The summed E-state index contributed by atoms with van der Waals surface area (Å²) in [6, 6.07) is 14.0. The van der Waals surface area contributed by atoms with Crippen molar-refractivity contribution >= 4 is 16.6 Å². The van der Waals surface area contributed by atoms with Gasteiger partial charge in [-0.25, -0.2) is 4.68 Å². The number of aliphatic hydroxyl groups is 1. The molecular formula is C20H20N2O4. The number of carbonyl (C=O) groups excluding carboxylic acids is 1. The van der Waals surface area contributed by atoms with Gasteiger partial charge < -0.3 is 9.84 Å². The Morgan fingerprint density at radius 3 is 2.65 bits per heavy atom. The zero-order valence-electron chi connectivity index (χ0n) is 14.7. The molecule has 6 nitrogen and oxygen atoms in total. The SMILES string of the molecule is CC(=O)c1cccc(OCC(O)Cn2nc(C)c3ccccc3c2=O)c1. The molecule has 0 aliphatic carbocycles. The van der Waals surface area contributed by atoms with Gasteiger partial charge in [-0.15, -0.1) is 0 Å². The third kappa shape index (κ3) is 3.81. The molecule has 26 heavy (non-hydrogen) atoms. The lowest BCUT2D eigenvalue weighted by atomic mass is 10.1. The molecule has 0 saturated heterocycles. The Hall–Kier alpha value is -2.99. The van der Waals surface area contributed by atoms with Crippen LogP contribution in [0.2, 0.25) is 0 Å². The van der Waals surface area contributed by atoms with E-state index in [-0.39, 0.29) is 24.5 Å². The second-order valence-corrected chi connectivity index (χ2v) is 6.17. The highest BCUT2D eigenvalue weighted by molar-refractivity contribution is 5.94. The Labute approximate surface area is 150 Å². The molecule has 0 radical (unpaired) electrons. The summed E-state index contributed by atoms with van der Waals surface area (Å²) < 4.78 is 6.80. The van der Waals surface area contributed by atoms with E-state index in [1.165, 1.54) is 11.6 Å². The molecule has 1 unspecified atom stereocenters. The lowest BCUT2D eigenvalue weighted by Gasteiger charge is -2.15. The van der Waals surface area contributed by atoms with Crippen LogP contribution in [-0.2, 0) is 6.54 Å². The summed E-state index contributed by atoms with van der Waals surface area (Å²) in [6.45, 7) is 3.32. The molecule has 1 atom stereocenters. The predicted octanol–water partition coefficient (Wildman–Crippen LogP) is 2.35. The third-order valence-electron chi connectivity index (χ3n) is 4.12. The topological polar surface area (TPSA) is 81.4 Å². The quantitative estimate of drug-likeness (QED) is 0.689. The number of nitrogens with zero attached hydrogens (tertiary/aromatic N) is 2. The zero-order chi connectivity index (χ0) is 18.7. The predicted molar refractivity (Wildman–Crippen MR) is 98.7 cm³/mol. The molecule has 3 rings (SSSR count). The summed E-state index contributed by atoms with van der Waals surface area (Å²) in [4.78, 5) is 23.9. The van der Waals surface area contributed by atoms with E-state index in [1.807, 2.05) is 19.1 Å². The van der Waals surface area contributed by atoms with Gasteiger partial charge >= 0.3 is 0 Å². The van der Waals surface area contributed by atoms with Crippen molar-refractivity contribution in [2.45, 2.75) is 26.5 Å². The minimum atomic E-state index is -0.915. The minimum Gasteiger partial charge on any atom is -0.491 e. The molecule has 0 aliphatic rings. The molecule has 2 aromatic carbocycles. The van der Waals surface area contributed by atoms with Gasteiger partial charge in [-0.1, -0.05) is 30.3 Å². The van der Waals surface area contributed by atoms with Crippen LogP contribution >= 0.6 is 0 Å². The third-order valence-corrected chi connectivity index (χ3v) is 4.12. The Kier molecular flexibility index (Phi) is 5.14. The van der Waals surface area contributed by atoms with Gasteiger partial charge in [0.2, 0.25) is 0 Å². The number of rotatable bonds is 6. The number of ketones is 1. The average molecular weight is 352 g/mol. The summed E-state index contributed by atoms with van der Waals surface area (Å²) in [5.74, 6) is 0.435. The lowest BCUT2D eigenvalue weighted by Crippen LogP contribution is -2.32. The molecule has 0 bridgehead atoms. The van der Waals surface area contributed by atoms with Crippen LogP contribution in [0, 0.1) is 6.92 Å². The maximum atomic E-state index is 12.5. The fourth-order valence-corrected chi connectivity index (χ4v) is 2.78. The molecule has 0 fully saturated rings. The van der Waals surface area contributed by atoms with E-state index in [0.717, 1.165) is 11.1 Å². The number of aliphatic hydroxyl groups excluding tert-OH is 1. The molecule has 0 aliphatic heterocycles. The second kappa shape index (κ2) is 7.49. The molecule has 6 heteroatoms. The fraction of sp³-hybridized carbons (Fsp3) is 0.250. The Morgan fingerprint density at radius 1 is 1.19 bits per heavy atom. The number of aromatic nitrogens is 2. The van der Waals surface area contributed by atoms with E-state index in [9.17, 15) is 14.7 Å². The van der Waals surface area contributed by atoms with Gasteiger partial charge in [-0.05, 0) is 32.0 Å². The first-order valence-electron chi connectivity index (χ1n) is 8.34. The maximum absolute atomic E-state index is 12.5.